The fourth-order valence-corrected chi connectivity index (χ4v) is 2.39. The number of nitrogens with two attached hydrogens (primary N) is 1. The van der Waals surface area contributed by atoms with Crippen LogP contribution < -0.4 is 11.1 Å². The summed E-state index contributed by atoms with van der Waals surface area (Å²) in [6.07, 6.45) is 4.52. The number of nitrogens with one attached hydrogen (secondary N) is 1. The van der Waals surface area contributed by atoms with Gasteiger partial charge in [0.1, 0.15) is 5.82 Å². The van der Waals surface area contributed by atoms with Crippen molar-refractivity contribution in [1.29, 1.82) is 0 Å². The summed E-state index contributed by atoms with van der Waals surface area (Å²) in [6.45, 7) is 0.815. The van der Waals surface area contributed by atoms with Crippen LogP contribution >= 0.6 is 11.8 Å². The zero-order valence-corrected chi connectivity index (χ0v) is 11.3. The number of nitrogens with zero attached hydrogens (tertiary/aromatic N) is 1. The van der Waals surface area contributed by atoms with Crippen molar-refractivity contribution in [2.24, 2.45) is 0 Å². The number of methoxy groups -OCH3 is 1. The summed E-state index contributed by atoms with van der Waals surface area (Å²) >= 11 is 1.86. The minimum absolute atomic E-state index is 0.267. The Hall–Kier alpha value is -1.43. The minimum atomic E-state index is -0.455. The van der Waals surface area contributed by atoms with Gasteiger partial charge in [-0.15, -0.1) is 0 Å². The van der Waals surface area contributed by atoms with Gasteiger partial charge in [0.05, 0.1) is 12.8 Å². The van der Waals surface area contributed by atoms with Gasteiger partial charge in [-0.3, -0.25) is 0 Å². The Bertz CT molecular complexity index is 461. The predicted molar refractivity (Wildman–Crippen MR) is 74.0 cm³/mol. The molecule has 1 aromatic heterocycles. The summed E-state index contributed by atoms with van der Waals surface area (Å²) in [5.41, 5.74) is 6.65. The summed E-state index contributed by atoms with van der Waals surface area (Å²) in [4.78, 5) is 15.6. The Balaban J connectivity index is 2.09. The van der Waals surface area contributed by atoms with Gasteiger partial charge in [0.25, 0.3) is 0 Å². The number of thioether (sulfide) groups is 1. The third-order valence-corrected chi connectivity index (χ3v) is 4.56. The quantitative estimate of drug-likeness (QED) is 0.792. The molecule has 0 bridgehead atoms. The van der Waals surface area contributed by atoms with E-state index >= 15 is 0 Å². The van der Waals surface area contributed by atoms with Crippen molar-refractivity contribution in [3.63, 3.8) is 0 Å². The van der Waals surface area contributed by atoms with Crippen LogP contribution in [0.2, 0.25) is 0 Å². The number of anilines is 2. The van der Waals surface area contributed by atoms with E-state index in [0.29, 0.717) is 16.3 Å². The molecule has 3 N–H and O–H groups in total. The van der Waals surface area contributed by atoms with E-state index in [1.165, 1.54) is 20.0 Å². The number of carbonyl (C=O) groups is 1. The van der Waals surface area contributed by atoms with Gasteiger partial charge in [-0.25, -0.2) is 9.78 Å². The summed E-state index contributed by atoms with van der Waals surface area (Å²) in [7, 11) is 1.33. The largest absolute Gasteiger partial charge is 0.464 e. The molecule has 1 saturated carbocycles. The molecule has 0 unspecified atom stereocenters. The van der Waals surface area contributed by atoms with Crippen molar-refractivity contribution < 1.29 is 9.53 Å². The van der Waals surface area contributed by atoms with Crippen molar-refractivity contribution >= 4 is 29.2 Å². The van der Waals surface area contributed by atoms with Crippen LogP contribution in [0.1, 0.15) is 23.3 Å². The number of aromatic nitrogens is 1. The number of hydrogen-bond donors (Lipinski definition) is 2. The van der Waals surface area contributed by atoms with Gasteiger partial charge in [0, 0.05) is 11.3 Å². The number of hydrogen-bond acceptors (Lipinski definition) is 6. The first-order valence-corrected chi connectivity index (χ1v) is 6.96. The molecule has 0 amide bonds. The summed E-state index contributed by atoms with van der Waals surface area (Å²) in [5, 5.41) is 3.22. The number of carbonyl (C=O) groups excluding carboxylic acids is 1. The van der Waals surface area contributed by atoms with E-state index in [9.17, 15) is 4.79 Å². The smallest absolute Gasteiger partial charge is 0.356 e. The van der Waals surface area contributed by atoms with Crippen LogP contribution in [-0.4, -0.2) is 35.6 Å². The third-order valence-electron chi connectivity index (χ3n) is 3.14. The second kappa shape index (κ2) is 5.06. The fourth-order valence-electron chi connectivity index (χ4n) is 1.67. The molecule has 0 saturated heterocycles. The molecule has 0 spiro atoms. The molecule has 0 atom stereocenters. The molecule has 1 aromatic rings. The maximum absolute atomic E-state index is 11.4. The van der Waals surface area contributed by atoms with Gasteiger partial charge in [0.2, 0.25) is 0 Å². The van der Waals surface area contributed by atoms with E-state index in [1.807, 2.05) is 11.8 Å². The van der Waals surface area contributed by atoms with Crippen LogP contribution in [0.25, 0.3) is 0 Å². The van der Waals surface area contributed by atoms with Crippen molar-refractivity contribution in [1.82, 2.24) is 4.98 Å². The van der Waals surface area contributed by atoms with Crippen LogP contribution in [0.15, 0.2) is 12.1 Å². The first-order chi connectivity index (χ1) is 8.60. The van der Waals surface area contributed by atoms with Crippen LogP contribution in [0.4, 0.5) is 11.5 Å². The molecule has 2 rings (SSSR count). The monoisotopic (exact) mass is 267 g/mol. The summed E-state index contributed by atoms with van der Waals surface area (Å²) < 4.78 is 4.95. The molecule has 1 heterocycles. The Labute approximate surface area is 110 Å². The van der Waals surface area contributed by atoms with Gasteiger partial charge < -0.3 is 15.8 Å². The second-order valence-corrected chi connectivity index (χ2v) is 5.64. The van der Waals surface area contributed by atoms with Crippen molar-refractivity contribution in [2.45, 2.75) is 17.6 Å². The molecule has 0 radical (unpaired) electrons. The standard InChI is InChI=1S/C12H17N3O2S/c1-17-11(16)9-4-3-8(13)10(15-9)14-7-12(18-2)5-6-12/h3-4H,5-7,13H2,1-2H3,(H,14,15). The lowest BCUT2D eigenvalue weighted by atomic mass is 10.3. The fraction of sp³-hybridized carbons (Fsp3) is 0.500. The summed E-state index contributed by atoms with van der Waals surface area (Å²) in [6, 6.07) is 3.23. The maximum atomic E-state index is 11.4. The van der Waals surface area contributed by atoms with Gasteiger partial charge in [-0.1, -0.05) is 0 Å². The van der Waals surface area contributed by atoms with E-state index in [0.717, 1.165) is 6.54 Å². The average Bonchev–Trinajstić information content (AvgIpc) is 3.17. The van der Waals surface area contributed by atoms with E-state index in [-0.39, 0.29) is 5.69 Å². The van der Waals surface area contributed by atoms with Gasteiger partial charge in [-0.05, 0) is 31.2 Å². The zero-order chi connectivity index (χ0) is 13.2. The number of pyridine rings is 1. The summed E-state index contributed by atoms with van der Waals surface area (Å²) in [5.74, 6) is 0.0993. The SMILES string of the molecule is COC(=O)c1ccc(N)c(NCC2(SC)CC2)n1. The van der Waals surface area contributed by atoms with Crippen LogP contribution in [0.5, 0.6) is 0 Å². The lowest BCUT2D eigenvalue weighted by Gasteiger charge is -2.15. The van der Waals surface area contributed by atoms with Crippen LogP contribution in [-0.2, 0) is 4.74 Å². The molecular weight excluding hydrogens is 250 g/mol. The van der Waals surface area contributed by atoms with E-state index < -0.39 is 5.97 Å². The molecule has 0 aromatic carbocycles. The second-order valence-electron chi connectivity index (χ2n) is 4.37. The highest BCUT2D eigenvalue weighted by molar-refractivity contribution is 8.00. The Kier molecular flexibility index (Phi) is 3.65. The predicted octanol–water partition coefficient (Wildman–Crippen LogP) is 1.76. The lowest BCUT2D eigenvalue weighted by molar-refractivity contribution is 0.0594. The molecule has 1 aliphatic carbocycles. The molecule has 1 aliphatic rings. The van der Waals surface area contributed by atoms with Crippen LogP contribution in [0.3, 0.4) is 0 Å². The molecule has 98 valence electrons. The lowest BCUT2D eigenvalue weighted by Crippen LogP contribution is -2.19. The molecular formula is C12H17N3O2S. The molecule has 1 fully saturated rings. The van der Waals surface area contributed by atoms with Gasteiger partial charge in [-0.2, -0.15) is 11.8 Å². The molecule has 0 aliphatic heterocycles. The third kappa shape index (κ3) is 2.69. The number of rotatable bonds is 5. The Morgan fingerprint density at radius 2 is 2.33 bits per heavy atom. The van der Waals surface area contributed by atoms with Crippen molar-refractivity contribution in [2.75, 3.05) is 31.0 Å². The van der Waals surface area contributed by atoms with Gasteiger partial charge >= 0.3 is 5.97 Å². The van der Waals surface area contributed by atoms with E-state index in [1.54, 1.807) is 12.1 Å². The number of ether oxygens (including phenoxy) is 1. The van der Waals surface area contributed by atoms with Crippen molar-refractivity contribution in [3.05, 3.63) is 17.8 Å². The maximum Gasteiger partial charge on any atom is 0.356 e. The highest BCUT2D eigenvalue weighted by Gasteiger charge is 2.41. The van der Waals surface area contributed by atoms with E-state index in [2.05, 4.69) is 21.3 Å². The normalized spacial score (nSPS) is 16.1. The molecule has 18 heavy (non-hydrogen) atoms. The Morgan fingerprint density at radius 3 is 2.89 bits per heavy atom. The topological polar surface area (TPSA) is 77.2 Å². The Morgan fingerprint density at radius 1 is 1.61 bits per heavy atom. The molecule has 5 nitrogen and oxygen atoms in total. The van der Waals surface area contributed by atoms with E-state index in [4.69, 9.17) is 5.73 Å². The number of nitrogen functional groups attached to an aromatic ring is 1. The minimum Gasteiger partial charge on any atom is -0.464 e. The van der Waals surface area contributed by atoms with Gasteiger partial charge in [0.15, 0.2) is 5.69 Å². The highest BCUT2D eigenvalue weighted by Crippen LogP contribution is 2.47. The first-order valence-electron chi connectivity index (χ1n) is 5.74. The van der Waals surface area contributed by atoms with Crippen molar-refractivity contribution in [3.8, 4) is 0 Å². The van der Waals surface area contributed by atoms with Crippen LogP contribution in [0, 0.1) is 0 Å². The highest BCUT2D eigenvalue weighted by atomic mass is 32.2. The number of esters is 1. The first kappa shape index (κ1) is 13.0. The average molecular weight is 267 g/mol. The molecule has 6 heteroatoms. The zero-order valence-electron chi connectivity index (χ0n) is 10.5.